The molecule has 4 nitrogen and oxygen atoms in total. The molecule has 1 atom stereocenters. The van der Waals surface area contributed by atoms with Crippen LogP contribution in [0.4, 0.5) is 4.39 Å². The molecular formula is C15H16FNO3. The maximum atomic E-state index is 13.0. The summed E-state index contributed by atoms with van der Waals surface area (Å²) in [7, 11) is 0. The van der Waals surface area contributed by atoms with E-state index in [0.717, 1.165) is 0 Å². The highest BCUT2D eigenvalue weighted by molar-refractivity contribution is 5.88. The number of nitrogens with zero attached hydrogens (tertiary/aromatic N) is 1. The molecule has 0 heterocycles. The van der Waals surface area contributed by atoms with Crippen molar-refractivity contribution in [3.8, 4) is 6.07 Å². The second-order valence-corrected chi connectivity index (χ2v) is 4.45. The van der Waals surface area contributed by atoms with Crippen LogP contribution < -0.4 is 0 Å². The summed E-state index contributed by atoms with van der Waals surface area (Å²) in [5.74, 6) is -1.30. The lowest BCUT2D eigenvalue weighted by Crippen LogP contribution is -2.36. The molecule has 0 aliphatic heterocycles. The van der Waals surface area contributed by atoms with Gasteiger partial charge in [0, 0.05) is 6.42 Å². The van der Waals surface area contributed by atoms with Crippen molar-refractivity contribution in [1.82, 2.24) is 0 Å². The highest BCUT2D eigenvalue weighted by atomic mass is 19.1. The van der Waals surface area contributed by atoms with Crippen LogP contribution in [-0.2, 0) is 19.7 Å². The Morgan fingerprint density at radius 2 is 1.95 bits per heavy atom. The van der Waals surface area contributed by atoms with Crippen LogP contribution >= 0.6 is 0 Å². The van der Waals surface area contributed by atoms with Crippen molar-refractivity contribution in [3.05, 3.63) is 35.6 Å². The van der Waals surface area contributed by atoms with Crippen LogP contribution in [0.3, 0.4) is 0 Å². The van der Waals surface area contributed by atoms with E-state index in [0.29, 0.717) is 5.56 Å². The zero-order valence-corrected chi connectivity index (χ0v) is 11.5. The van der Waals surface area contributed by atoms with E-state index in [9.17, 15) is 19.2 Å². The molecule has 1 aromatic rings. The average Bonchev–Trinajstić information content (AvgIpc) is 2.41. The largest absolute Gasteiger partial charge is 0.465 e. The van der Waals surface area contributed by atoms with Gasteiger partial charge in [0.05, 0.1) is 12.7 Å². The predicted molar refractivity (Wildman–Crippen MR) is 70.2 cm³/mol. The maximum Gasteiger partial charge on any atom is 0.331 e. The number of rotatable bonds is 6. The summed E-state index contributed by atoms with van der Waals surface area (Å²) in [5.41, 5.74) is -1.24. The Hall–Kier alpha value is -2.22. The third kappa shape index (κ3) is 3.41. The molecule has 0 bridgehead atoms. The van der Waals surface area contributed by atoms with Crippen molar-refractivity contribution in [3.63, 3.8) is 0 Å². The van der Waals surface area contributed by atoms with Crippen molar-refractivity contribution >= 4 is 11.8 Å². The number of halogens is 1. The summed E-state index contributed by atoms with van der Waals surface area (Å²) in [4.78, 5) is 23.3. The molecule has 0 amide bonds. The SMILES string of the molecule is CCOC(=O)[C@@](C#N)(CCC(C)=O)c1ccc(F)cc1. The molecule has 20 heavy (non-hydrogen) atoms. The number of carbonyl (C=O) groups is 2. The highest BCUT2D eigenvalue weighted by Crippen LogP contribution is 2.31. The monoisotopic (exact) mass is 277 g/mol. The van der Waals surface area contributed by atoms with E-state index >= 15 is 0 Å². The van der Waals surface area contributed by atoms with Crippen LogP contribution in [0.2, 0.25) is 0 Å². The average molecular weight is 277 g/mol. The van der Waals surface area contributed by atoms with Crippen molar-refractivity contribution in [1.29, 1.82) is 5.26 Å². The molecule has 5 heteroatoms. The molecule has 0 spiro atoms. The summed E-state index contributed by atoms with van der Waals surface area (Å²) in [5, 5.41) is 9.45. The van der Waals surface area contributed by atoms with Gasteiger partial charge in [0.15, 0.2) is 5.41 Å². The van der Waals surface area contributed by atoms with Crippen molar-refractivity contribution < 1.29 is 18.7 Å². The fourth-order valence-corrected chi connectivity index (χ4v) is 1.88. The molecule has 1 aromatic carbocycles. The molecule has 0 saturated carbocycles. The van der Waals surface area contributed by atoms with E-state index in [1.807, 2.05) is 6.07 Å². The number of hydrogen-bond acceptors (Lipinski definition) is 4. The minimum atomic E-state index is -1.57. The van der Waals surface area contributed by atoms with Crippen molar-refractivity contribution in [2.75, 3.05) is 6.61 Å². The van der Waals surface area contributed by atoms with Crippen LogP contribution in [0.1, 0.15) is 32.3 Å². The number of carbonyl (C=O) groups excluding carboxylic acids is 2. The van der Waals surface area contributed by atoms with Crippen LogP contribution in [0.5, 0.6) is 0 Å². The van der Waals surface area contributed by atoms with Gasteiger partial charge in [-0.3, -0.25) is 0 Å². The van der Waals surface area contributed by atoms with Gasteiger partial charge in [-0.15, -0.1) is 0 Å². The Bertz CT molecular complexity index is 533. The molecule has 0 fully saturated rings. The molecule has 0 aliphatic carbocycles. The molecule has 0 saturated heterocycles. The predicted octanol–water partition coefficient (Wildman–Crippen LogP) is 2.52. The third-order valence-corrected chi connectivity index (χ3v) is 3.00. The molecule has 0 aliphatic rings. The topological polar surface area (TPSA) is 67.2 Å². The molecule has 0 N–H and O–H groups in total. The van der Waals surface area contributed by atoms with Gasteiger partial charge in [0.2, 0.25) is 0 Å². The first-order valence-electron chi connectivity index (χ1n) is 6.30. The quantitative estimate of drug-likeness (QED) is 0.749. The summed E-state index contributed by atoms with van der Waals surface area (Å²) in [6.45, 7) is 3.15. The second kappa shape index (κ2) is 6.80. The first-order valence-corrected chi connectivity index (χ1v) is 6.30. The van der Waals surface area contributed by atoms with Gasteiger partial charge in [0.25, 0.3) is 0 Å². The van der Waals surface area contributed by atoms with Crippen LogP contribution in [0, 0.1) is 17.1 Å². The Kier molecular flexibility index (Phi) is 5.39. The van der Waals surface area contributed by atoms with Gasteiger partial charge in [-0.2, -0.15) is 5.26 Å². The lowest BCUT2D eigenvalue weighted by Gasteiger charge is -2.24. The van der Waals surface area contributed by atoms with Gasteiger partial charge in [-0.1, -0.05) is 12.1 Å². The zero-order chi connectivity index (χ0) is 15.2. The van der Waals surface area contributed by atoms with Crippen molar-refractivity contribution in [2.45, 2.75) is 32.1 Å². The highest BCUT2D eigenvalue weighted by Gasteiger charge is 2.42. The van der Waals surface area contributed by atoms with Crippen LogP contribution in [0.25, 0.3) is 0 Å². The molecule has 0 radical (unpaired) electrons. The summed E-state index contributed by atoms with van der Waals surface area (Å²) >= 11 is 0. The number of ketones is 1. The second-order valence-electron chi connectivity index (χ2n) is 4.45. The number of nitriles is 1. The van der Waals surface area contributed by atoms with Crippen LogP contribution in [0.15, 0.2) is 24.3 Å². The van der Waals surface area contributed by atoms with E-state index < -0.39 is 17.2 Å². The zero-order valence-electron chi connectivity index (χ0n) is 11.5. The molecule has 106 valence electrons. The van der Waals surface area contributed by atoms with Gasteiger partial charge in [0.1, 0.15) is 11.6 Å². The summed E-state index contributed by atoms with van der Waals surface area (Å²) in [6, 6.07) is 7.03. The number of ether oxygens (including phenoxy) is 1. The Morgan fingerprint density at radius 3 is 2.40 bits per heavy atom. The number of hydrogen-bond donors (Lipinski definition) is 0. The normalized spacial score (nSPS) is 13.1. The third-order valence-electron chi connectivity index (χ3n) is 3.00. The maximum absolute atomic E-state index is 13.0. The first-order chi connectivity index (χ1) is 9.46. The van der Waals surface area contributed by atoms with Gasteiger partial charge in [-0.05, 0) is 38.0 Å². The molecule has 0 unspecified atom stereocenters. The van der Waals surface area contributed by atoms with Gasteiger partial charge in [-0.25, -0.2) is 9.18 Å². The standard InChI is InChI=1S/C15H16FNO3/c1-3-20-14(19)15(10-17,9-8-11(2)18)12-4-6-13(16)7-5-12/h4-7H,3,8-9H2,1-2H3/t15-/m1/s1. The molecule has 0 aromatic heterocycles. The lowest BCUT2D eigenvalue weighted by atomic mass is 9.77. The first kappa shape index (κ1) is 15.8. The minimum Gasteiger partial charge on any atom is -0.465 e. The Morgan fingerprint density at radius 1 is 1.35 bits per heavy atom. The minimum absolute atomic E-state index is 0.0172. The molecular weight excluding hydrogens is 261 g/mol. The molecule has 1 rings (SSSR count). The Balaban J connectivity index is 3.23. The summed E-state index contributed by atoms with van der Waals surface area (Å²) in [6.07, 6.45) is 0.0903. The van der Waals surface area contributed by atoms with E-state index in [1.54, 1.807) is 6.92 Å². The van der Waals surface area contributed by atoms with Crippen molar-refractivity contribution in [2.24, 2.45) is 0 Å². The van der Waals surface area contributed by atoms with Gasteiger partial charge < -0.3 is 9.53 Å². The van der Waals surface area contributed by atoms with Gasteiger partial charge >= 0.3 is 5.97 Å². The van der Waals surface area contributed by atoms with E-state index in [2.05, 4.69) is 0 Å². The van der Waals surface area contributed by atoms with E-state index in [4.69, 9.17) is 4.74 Å². The van der Waals surface area contributed by atoms with E-state index in [-0.39, 0.29) is 25.2 Å². The smallest absolute Gasteiger partial charge is 0.331 e. The Labute approximate surface area is 117 Å². The van der Waals surface area contributed by atoms with E-state index in [1.165, 1.54) is 31.2 Å². The fraction of sp³-hybridized carbons (Fsp3) is 0.400. The lowest BCUT2D eigenvalue weighted by molar-refractivity contribution is -0.148. The number of esters is 1. The number of Topliss-reactive ketones (excluding diaryl/α,β-unsaturated/α-hetero) is 1. The summed E-state index contributed by atoms with van der Waals surface area (Å²) < 4.78 is 17.9. The van der Waals surface area contributed by atoms with Crippen LogP contribution in [-0.4, -0.2) is 18.4 Å². The number of benzene rings is 1. The fourth-order valence-electron chi connectivity index (χ4n) is 1.88.